The number of aromatic nitrogens is 1. The smallest absolute Gasteiger partial charge is 0.199 e. The molecule has 2 N–H and O–H groups in total. The third kappa shape index (κ3) is 3.45. The molecule has 30 heavy (non-hydrogen) atoms. The Bertz CT molecular complexity index is 1150. The summed E-state index contributed by atoms with van der Waals surface area (Å²) in [5, 5.41) is 15.5. The van der Waals surface area contributed by atoms with Gasteiger partial charge in [-0.05, 0) is 50.2 Å². The SMILES string of the molecule is Oc1[nH]c2ccc(F)cc2c1C1=Nc2ccccc2/C1=N\OCCN1CCCCC1. The van der Waals surface area contributed by atoms with Gasteiger partial charge in [0, 0.05) is 23.0 Å². The van der Waals surface area contributed by atoms with Gasteiger partial charge < -0.3 is 14.9 Å². The predicted octanol–water partition coefficient (Wildman–Crippen LogP) is 4.35. The first kappa shape index (κ1) is 18.8. The Kier molecular flexibility index (Phi) is 4.96. The lowest BCUT2D eigenvalue weighted by atomic mass is 10.0. The molecule has 0 unspecified atom stereocenters. The van der Waals surface area contributed by atoms with Crippen molar-refractivity contribution in [2.75, 3.05) is 26.2 Å². The number of rotatable bonds is 5. The number of oxime groups is 1. The Balaban J connectivity index is 1.46. The Morgan fingerprint density at radius 1 is 1.13 bits per heavy atom. The van der Waals surface area contributed by atoms with Crippen LogP contribution in [0.3, 0.4) is 0 Å². The van der Waals surface area contributed by atoms with Gasteiger partial charge in [-0.15, -0.1) is 0 Å². The normalized spacial score (nSPS) is 18.0. The van der Waals surface area contributed by atoms with Gasteiger partial charge in [0.2, 0.25) is 0 Å². The van der Waals surface area contributed by atoms with Gasteiger partial charge in [0.1, 0.15) is 23.8 Å². The Labute approximate surface area is 173 Å². The summed E-state index contributed by atoms with van der Waals surface area (Å²) in [5.74, 6) is -0.446. The molecule has 5 rings (SSSR count). The van der Waals surface area contributed by atoms with E-state index in [1.807, 2.05) is 24.3 Å². The van der Waals surface area contributed by atoms with Gasteiger partial charge >= 0.3 is 0 Å². The fraction of sp³-hybridized carbons (Fsp3) is 0.304. The summed E-state index contributed by atoms with van der Waals surface area (Å²) in [6, 6.07) is 12.0. The van der Waals surface area contributed by atoms with Crippen LogP contribution in [0.2, 0.25) is 0 Å². The number of nitrogens with one attached hydrogen (secondary N) is 1. The molecule has 3 aromatic rings. The molecule has 2 aromatic carbocycles. The van der Waals surface area contributed by atoms with E-state index in [1.165, 1.54) is 31.4 Å². The lowest BCUT2D eigenvalue weighted by Gasteiger charge is -2.25. The molecule has 0 amide bonds. The average Bonchev–Trinajstić information content (AvgIpc) is 3.28. The molecule has 2 aliphatic rings. The molecule has 1 saturated heterocycles. The van der Waals surface area contributed by atoms with Gasteiger partial charge in [-0.2, -0.15) is 0 Å². The quantitative estimate of drug-likeness (QED) is 0.489. The Morgan fingerprint density at radius 3 is 2.83 bits per heavy atom. The summed E-state index contributed by atoms with van der Waals surface area (Å²) in [7, 11) is 0. The summed E-state index contributed by atoms with van der Waals surface area (Å²) in [6.07, 6.45) is 3.76. The summed E-state index contributed by atoms with van der Waals surface area (Å²) in [4.78, 5) is 15.6. The van der Waals surface area contributed by atoms with E-state index in [0.29, 0.717) is 34.5 Å². The standard InChI is InChI=1S/C23H23FN4O2/c24-15-8-9-19-17(14-15)20(23(29)26-19)22-21(16-6-2-3-7-18(16)25-22)27-30-13-12-28-10-4-1-5-11-28/h2-3,6-9,14,26,29H,1,4-5,10-13H2/b27-21+. The minimum absolute atomic E-state index is 0.0665. The number of H-pyrrole nitrogens is 1. The second-order valence-corrected chi connectivity index (χ2v) is 7.69. The molecule has 0 radical (unpaired) electrons. The van der Waals surface area contributed by atoms with Crippen LogP contribution in [0.1, 0.15) is 30.4 Å². The van der Waals surface area contributed by atoms with Crippen LogP contribution in [-0.4, -0.2) is 52.7 Å². The molecule has 2 aliphatic heterocycles. The monoisotopic (exact) mass is 406 g/mol. The van der Waals surface area contributed by atoms with E-state index in [2.05, 4.69) is 20.0 Å². The topological polar surface area (TPSA) is 73.2 Å². The zero-order valence-electron chi connectivity index (χ0n) is 16.6. The molecular weight excluding hydrogens is 383 g/mol. The third-order valence-electron chi connectivity index (χ3n) is 5.70. The predicted molar refractivity (Wildman–Crippen MR) is 115 cm³/mol. The summed E-state index contributed by atoms with van der Waals surface area (Å²) in [5.41, 5.74) is 3.66. The van der Waals surface area contributed by atoms with Crippen LogP contribution in [0, 0.1) is 5.82 Å². The van der Waals surface area contributed by atoms with Crippen LogP contribution in [0.25, 0.3) is 10.9 Å². The maximum Gasteiger partial charge on any atom is 0.199 e. The number of hydrogen-bond acceptors (Lipinski definition) is 5. The highest BCUT2D eigenvalue weighted by Gasteiger charge is 2.29. The molecule has 0 saturated carbocycles. The largest absolute Gasteiger partial charge is 0.494 e. The van der Waals surface area contributed by atoms with E-state index in [0.717, 1.165) is 30.9 Å². The number of para-hydroxylation sites is 1. The van der Waals surface area contributed by atoms with Crippen molar-refractivity contribution < 1.29 is 14.3 Å². The number of aromatic amines is 1. The number of aromatic hydroxyl groups is 1. The molecule has 0 aliphatic carbocycles. The third-order valence-corrected chi connectivity index (χ3v) is 5.70. The van der Waals surface area contributed by atoms with Crippen LogP contribution in [0.4, 0.5) is 10.1 Å². The molecule has 154 valence electrons. The Hall–Kier alpha value is -3.19. The van der Waals surface area contributed by atoms with Crippen molar-refractivity contribution in [2.24, 2.45) is 10.1 Å². The minimum Gasteiger partial charge on any atom is -0.494 e. The number of fused-ring (bicyclic) bond motifs is 2. The fourth-order valence-electron chi connectivity index (χ4n) is 4.19. The molecule has 0 spiro atoms. The summed E-state index contributed by atoms with van der Waals surface area (Å²) < 4.78 is 13.9. The zero-order chi connectivity index (χ0) is 20.5. The van der Waals surface area contributed by atoms with Crippen LogP contribution in [0.5, 0.6) is 5.88 Å². The van der Waals surface area contributed by atoms with Crippen LogP contribution in [0.15, 0.2) is 52.6 Å². The lowest BCUT2D eigenvalue weighted by Crippen LogP contribution is -2.32. The number of benzene rings is 2. The van der Waals surface area contributed by atoms with Gasteiger partial charge in [0.05, 0.1) is 11.3 Å². The van der Waals surface area contributed by atoms with Gasteiger partial charge in [0.25, 0.3) is 0 Å². The van der Waals surface area contributed by atoms with Crippen molar-refractivity contribution >= 4 is 28.0 Å². The molecular formula is C23H23FN4O2. The molecule has 1 aromatic heterocycles. The van der Waals surface area contributed by atoms with Gasteiger partial charge in [0.15, 0.2) is 5.88 Å². The molecule has 0 atom stereocenters. The molecule has 0 bridgehead atoms. The minimum atomic E-state index is -0.380. The van der Waals surface area contributed by atoms with E-state index in [9.17, 15) is 9.50 Å². The van der Waals surface area contributed by atoms with E-state index >= 15 is 0 Å². The number of nitrogens with zero attached hydrogens (tertiary/aromatic N) is 3. The first-order valence-electron chi connectivity index (χ1n) is 10.3. The van der Waals surface area contributed by atoms with Crippen molar-refractivity contribution in [3.63, 3.8) is 0 Å². The van der Waals surface area contributed by atoms with E-state index < -0.39 is 0 Å². The van der Waals surface area contributed by atoms with Crippen molar-refractivity contribution in [2.45, 2.75) is 19.3 Å². The van der Waals surface area contributed by atoms with E-state index in [-0.39, 0.29) is 11.7 Å². The fourth-order valence-corrected chi connectivity index (χ4v) is 4.19. The van der Waals surface area contributed by atoms with E-state index in [4.69, 9.17) is 4.84 Å². The van der Waals surface area contributed by atoms with Crippen molar-refractivity contribution in [3.8, 4) is 5.88 Å². The van der Waals surface area contributed by atoms with Crippen molar-refractivity contribution in [3.05, 3.63) is 59.4 Å². The van der Waals surface area contributed by atoms with Crippen LogP contribution in [-0.2, 0) is 4.84 Å². The van der Waals surface area contributed by atoms with Crippen LogP contribution >= 0.6 is 0 Å². The maximum absolute atomic E-state index is 13.9. The second kappa shape index (κ2) is 7.91. The average molecular weight is 406 g/mol. The summed E-state index contributed by atoms with van der Waals surface area (Å²) in [6.45, 7) is 3.51. The molecule has 7 heteroatoms. The number of aliphatic imine (C=N–C) groups is 1. The number of likely N-dealkylation sites (tertiary alicyclic amines) is 1. The number of halogens is 1. The maximum atomic E-state index is 13.9. The highest BCUT2D eigenvalue weighted by molar-refractivity contribution is 6.58. The highest BCUT2D eigenvalue weighted by atomic mass is 19.1. The summed E-state index contributed by atoms with van der Waals surface area (Å²) >= 11 is 0. The van der Waals surface area contributed by atoms with Gasteiger partial charge in [-0.1, -0.05) is 29.8 Å². The van der Waals surface area contributed by atoms with Crippen molar-refractivity contribution in [1.29, 1.82) is 0 Å². The zero-order valence-corrected chi connectivity index (χ0v) is 16.6. The van der Waals surface area contributed by atoms with Crippen molar-refractivity contribution in [1.82, 2.24) is 9.88 Å². The second-order valence-electron chi connectivity index (χ2n) is 7.69. The number of piperidine rings is 1. The first-order chi connectivity index (χ1) is 14.7. The van der Waals surface area contributed by atoms with E-state index in [1.54, 1.807) is 6.07 Å². The molecule has 1 fully saturated rings. The van der Waals surface area contributed by atoms with Gasteiger partial charge in [-0.25, -0.2) is 9.38 Å². The van der Waals surface area contributed by atoms with Crippen LogP contribution < -0.4 is 0 Å². The first-order valence-corrected chi connectivity index (χ1v) is 10.3. The number of hydrogen-bond donors (Lipinski definition) is 2. The lowest BCUT2D eigenvalue weighted by molar-refractivity contribution is 0.103. The van der Waals surface area contributed by atoms with Gasteiger partial charge in [-0.3, -0.25) is 4.90 Å². The Morgan fingerprint density at radius 2 is 1.97 bits per heavy atom. The molecule has 6 nitrogen and oxygen atoms in total. The molecule has 3 heterocycles. The highest BCUT2D eigenvalue weighted by Crippen LogP contribution is 2.35.